The van der Waals surface area contributed by atoms with Gasteiger partial charge in [0.1, 0.15) is 28.8 Å². The maximum atomic E-state index is 14.5. The van der Waals surface area contributed by atoms with Crippen LogP contribution >= 0.6 is 0 Å². The summed E-state index contributed by atoms with van der Waals surface area (Å²) in [4.78, 5) is 6.71. The summed E-state index contributed by atoms with van der Waals surface area (Å²) in [5, 5.41) is 19.6. The van der Waals surface area contributed by atoms with Crippen LogP contribution in [0.1, 0.15) is 27.8 Å². The highest BCUT2D eigenvalue weighted by atomic mass is 19.4. The Morgan fingerprint density at radius 3 is 1.70 bits per heavy atom. The second kappa shape index (κ2) is 10.2. The van der Waals surface area contributed by atoms with Crippen LogP contribution in [0.25, 0.3) is 48.6 Å². The van der Waals surface area contributed by atoms with Gasteiger partial charge in [-0.1, -0.05) is 6.07 Å². The Morgan fingerprint density at radius 2 is 1.21 bits per heavy atom. The first kappa shape index (κ1) is 28.6. The second-order valence-electron chi connectivity index (χ2n) is 9.41. The van der Waals surface area contributed by atoms with E-state index < -0.39 is 46.3 Å². The highest BCUT2D eigenvalue weighted by molar-refractivity contribution is 6.07. The van der Waals surface area contributed by atoms with Crippen molar-refractivity contribution in [3.05, 3.63) is 128 Å². The molecule has 0 N–H and O–H groups in total. The molecule has 4 aromatic carbocycles. The van der Waals surface area contributed by atoms with E-state index in [1.165, 1.54) is 31.2 Å². The molecular formula is C32H11F7N4. The molecule has 208 valence electrons. The lowest BCUT2D eigenvalue weighted by Gasteiger charge is -2.14. The number of allylic oxidation sites excluding steroid dienone is 1. The molecule has 11 heteroatoms. The quantitative estimate of drug-likeness (QED) is 0.118. The van der Waals surface area contributed by atoms with E-state index >= 15 is 0 Å². The molecule has 1 aliphatic rings. The smallest absolute Gasteiger partial charge is 0.237 e. The monoisotopic (exact) mass is 584 g/mol. The Hall–Kier alpha value is -5.91. The Balaban J connectivity index is 1.87. The van der Waals surface area contributed by atoms with Gasteiger partial charge in [-0.3, -0.25) is 0 Å². The van der Waals surface area contributed by atoms with Gasteiger partial charge in [-0.05, 0) is 88.3 Å². The number of alkyl halides is 3. The predicted octanol–water partition coefficient (Wildman–Crippen LogP) is 9.51. The minimum Gasteiger partial charge on any atom is -0.237 e. The molecule has 4 nitrogen and oxygen atoms in total. The van der Waals surface area contributed by atoms with Gasteiger partial charge in [0, 0.05) is 16.7 Å². The molecule has 0 saturated carbocycles. The fourth-order valence-corrected chi connectivity index (χ4v) is 5.04. The summed E-state index contributed by atoms with van der Waals surface area (Å²) in [6.45, 7) is 16.4. The van der Waals surface area contributed by atoms with Crippen molar-refractivity contribution in [3.63, 3.8) is 0 Å². The SMILES string of the molecule is [C-]#[N+]/C(C#N)=C1/c2cc(C#N)c(-c3cc(F)c(C(F)(F)F)c(F)c3)cc2-c2cc(-c3cc(F)c(C)c(F)c3)c([N+]#[C-])cc21. The van der Waals surface area contributed by atoms with E-state index in [-0.39, 0.29) is 61.3 Å². The van der Waals surface area contributed by atoms with E-state index in [1.54, 1.807) is 6.07 Å². The standard InChI is InChI=1S/C32H11F7N4/c1-14-24(33)5-16(6-25(14)34)19-10-21-20-9-18(15-7-26(35)31(27(36)8-15)32(37,38)39)17(12-40)4-22(20)30(29(13-41)43-3)23(21)11-28(19)42-2/h4-11H,1H3/b30-29-. The molecule has 0 unspecified atom stereocenters. The summed E-state index contributed by atoms with van der Waals surface area (Å²) in [7, 11) is 0. The number of halogens is 7. The number of benzene rings is 4. The molecule has 0 heterocycles. The van der Waals surface area contributed by atoms with Gasteiger partial charge < -0.3 is 0 Å². The molecule has 0 bridgehead atoms. The Morgan fingerprint density at radius 1 is 0.698 bits per heavy atom. The summed E-state index contributed by atoms with van der Waals surface area (Å²) in [6.07, 6.45) is -5.32. The van der Waals surface area contributed by atoms with E-state index in [9.17, 15) is 41.3 Å². The molecule has 4 aromatic rings. The number of hydrogen-bond acceptors (Lipinski definition) is 2. The first-order valence-electron chi connectivity index (χ1n) is 12.0. The average molecular weight is 584 g/mol. The summed E-state index contributed by atoms with van der Waals surface area (Å²) in [5.74, 6) is -5.56. The molecule has 5 rings (SSSR count). The molecule has 0 aliphatic heterocycles. The van der Waals surface area contributed by atoms with Crippen LogP contribution in [0.5, 0.6) is 0 Å². The van der Waals surface area contributed by atoms with Gasteiger partial charge in [-0.25, -0.2) is 32.5 Å². The summed E-state index contributed by atoms with van der Waals surface area (Å²) in [5.41, 5.74) is -2.74. The summed E-state index contributed by atoms with van der Waals surface area (Å²) in [6, 6.07) is 11.7. The molecule has 0 spiro atoms. The zero-order chi connectivity index (χ0) is 31.4. The lowest BCUT2D eigenvalue weighted by Crippen LogP contribution is -2.11. The zero-order valence-electron chi connectivity index (χ0n) is 21.6. The van der Waals surface area contributed by atoms with Crippen LogP contribution in [0.3, 0.4) is 0 Å². The van der Waals surface area contributed by atoms with Crippen LogP contribution in [-0.4, -0.2) is 0 Å². The molecule has 0 aromatic heterocycles. The van der Waals surface area contributed by atoms with Gasteiger partial charge in [0.2, 0.25) is 0 Å². The van der Waals surface area contributed by atoms with Crippen molar-refractivity contribution in [1.29, 1.82) is 10.5 Å². The third-order valence-electron chi connectivity index (χ3n) is 7.05. The lowest BCUT2D eigenvalue weighted by molar-refractivity contribution is -0.142. The maximum absolute atomic E-state index is 14.5. The van der Waals surface area contributed by atoms with Crippen molar-refractivity contribution < 1.29 is 30.7 Å². The van der Waals surface area contributed by atoms with Gasteiger partial charge in [0.25, 0.3) is 5.70 Å². The number of hydrogen-bond donors (Lipinski definition) is 0. The van der Waals surface area contributed by atoms with E-state index in [4.69, 9.17) is 13.1 Å². The molecule has 43 heavy (non-hydrogen) atoms. The Kier molecular flexibility index (Phi) is 6.77. The van der Waals surface area contributed by atoms with Crippen LogP contribution < -0.4 is 0 Å². The van der Waals surface area contributed by atoms with Crippen molar-refractivity contribution in [2.24, 2.45) is 0 Å². The maximum Gasteiger partial charge on any atom is 0.422 e. The Bertz CT molecular complexity index is 2050. The number of rotatable bonds is 2. The minimum absolute atomic E-state index is 0.000171. The molecule has 0 saturated heterocycles. The average Bonchev–Trinajstić information content (AvgIpc) is 3.25. The van der Waals surface area contributed by atoms with Crippen LogP contribution in [0.4, 0.5) is 36.4 Å². The van der Waals surface area contributed by atoms with Crippen molar-refractivity contribution >= 4 is 11.3 Å². The minimum atomic E-state index is -5.32. The second-order valence-corrected chi connectivity index (χ2v) is 9.41. The van der Waals surface area contributed by atoms with Crippen molar-refractivity contribution in [3.8, 4) is 45.5 Å². The van der Waals surface area contributed by atoms with Crippen molar-refractivity contribution in [1.82, 2.24) is 0 Å². The summed E-state index contributed by atoms with van der Waals surface area (Å²) >= 11 is 0. The van der Waals surface area contributed by atoms with Crippen LogP contribution in [0.15, 0.2) is 54.2 Å². The van der Waals surface area contributed by atoms with E-state index in [0.29, 0.717) is 12.1 Å². The number of nitriles is 2. The Labute approximate surface area is 239 Å². The van der Waals surface area contributed by atoms with Gasteiger partial charge >= 0.3 is 6.18 Å². The first-order chi connectivity index (χ1) is 20.3. The molecule has 0 atom stereocenters. The fourth-order valence-electron chi connectivity index (χ4n) is 5.04. The van der Waals surface area contributed by atoms with E-state index in [2.05, 4.69) is 9.69 Å². The topological polar surface area (TPSA) is 56.3 Å². The number of fused-ring (bicyclic) bond motifs is 3. The van der Waals surface area contributed by atoms with Crippen LogP contribution in [-0.2, 0) is 6.18 Å². The third kappa shape index (κ3) is 4.54. The molecule has 0 radical (unpaired) electrons. The van der Waals surface area contributed by atoms with Crippen molar-refractivity contribution in [2.45, 2.75) is 13.1 Å². The highest BCUT2D eigenvalue weighted by Gasteiger charge is 2.38. The summed E-state index contributed by atoms with van der Waals surface area (Å²) < 4.78 is 97.5. The third-order valence-corrected chi connectivity index (χ3v) is 7.05. The van der Waals surface area contributed by atoms with Gasteiger partial charge in [-0.15, -0.1) is 0 Å². The molecule has 0 amide bonds. The highest BCUT2D eigenvalue weighted by Crippen LogP contribution is 2.51. The van der Waals surface area contributed by atoms with Gasteiger partial charge in [0.05, 0.1) is 30.8 Å². The van der Waals surface area contributed by atoms with E-state index in [0.717, 1.165) is 12.1 Å². The predicted molar refractivity (Wildman–Crippen MR) is 142 cm³/mol. The molecule has 0 fully saturated rings. The van der Waals surface area contributed by atoms with E-state index in [1.807, 2.05) is 6.07 Å². The van der Waals surface area contributed by atoms with Gasteiger partial charge in [-0.2, -0.15) is 18.4 Å². The van der Waals surface area contributed by atoms with Crippen molar-refractivity contribution in [2.75, 3.05) is 0 Å². The van der Waals surface area contributed by atoms with Gasteiger partial charge in [0.15, 0.2) is 5.69 Å². The largest absolute Gasteiger partial charge is 0.422 e. The molecular weight excluding hydrogens is 573 g/mol. The zero-order valence-corrected chi connectivity index (χ0v) is 21.6. The normalized spacial score (nSPS) is 12.8. The molecule has 1 aliphatic carbocycles. The van der Waals surface area contributed by atoms with Crippen LogP contribution in [0, 0.1) is 66.0 Å². The lowest BCUT2D eigenvalue weighted by atomic mass is 9.92. The first-order valence-corrected chi connectivity index (χ1v) is 12.0. The number of nitrogens with zero attached hydrogens (tertiary/aromatic N) is 4. The fraction of sp³-hybridized carbons (Fsp3) is 0.0625. The van der Waals surface area contributed by atoms with Crippen LogP contribution in [0.2, 0.25) is 0 Å².